The topological polar surface area (TPSA) is 113 Å². The van der Waals surface area contributed by atoms with E-state index in [9.17, 15) is 4.79 Å². The van der Waals surface area contributed by atoms with Crippen molar-refractivity contribution in [3.05, 3.63) is 40.8 Å². The summed E-state index contributed by atoms with van der Waals surface area (Å²) >= 11 is 12.1. The number of carboxylic acid groups (broad SMARTS) is 1. The highest BCUT2D eigenvalue weighted by atomic mass is 35.5. The molecule has 2 aromatic heterocycles. The standard InChI is InChI=1S/C19H18Cl2N6O2/c20-13-6-5-12(7-14(13)21)25-17-16-15(23-9-24-17)8-22-19(27-16)26-11-3-1-10(2-4-11)18(28)29/h5-11H,1-4H2,(H,28,29)(H,22,26,27)(H,23,24,25). The highest BCUT2D eigenvalue weighted by Crippen LogP contribution is 2.29. The van der Waals surface area contributed by atoms with Gasteiger partial charge in [0.2, 0.25) is 5.95 Å². The van der Waals surface area contributed by atoms with Crippen LogP contribution in [0.5, 0.6) is 0 Å². The lowest BCUT2D eigenvalue weighted by molar-refractivity contribution is -0.142. The van der Waals surface area contributed by atoms with E-state index in [1.165, 1.54) is 6.33 Å². The lowest BCUT2D eigenvalue weighted by Gasteiger charge is -2.26. The van der Waals surface area contributed by atoms with Gasteiger partial charge in [-0.2, -0.15) is 0 Å². The average Bonchev–Trinajstić information content (AvgIpc) is 2.71. The number of nitrogens with zero attached hydrogens (tertiary/aromatic N) is 4. The first-order valence-electron chi connectivity index (χ1n) is 9.19. The molecule has 0 amide bonds. The fourth-order valence-electron chi connectivity index (χ4n) is 3.39. The third kappa shape index (κ3) is 4.49. The van der Waals surface area contributed by atoms with Crippen LogP contribution < -0.4 is 10.6 Å². The first kappa shape index (κ1) is 19.6. The summed E-state index contributed by atoms with van der Waals surface area (Å²) in [7, 11) is 0. The zero-order valence-electron chi connectivity index (χ0n) is 15.3. The van der Waals surface area contributed by atoms with Crippen molar-refractivity contribution in [2.24, 2.45) is 5.92 Å². The van der Waals surface area contributed by atoms with Crippen LogP contribution in [0.4, 0.5) is 17.5 Å². The largest absolute Gasteiger partial charge is 0.481 e. The summed E-state index contributed by atoms with van der Waals surface area (Å²) < 4.78 is 0. The first-order chi connectivity index (χ1) is 14.0. The van der Waals surface area contributed by atoms with E-state index >= 15 is 0 Å². The number of nitrogens with one attached hydrogen (secondary N) is 2. The minimum Gasteiger partial charge on any atom is -0.481 e. The molecule has 8 nitrogen and oxygen atoms in total. The molecule has 1 saturated carbocycles. The van der Waals surface area contributed by atoms with E-state index in [1.807, 2.05) is 0 Å². The van der Waals surface area contributed by atoms with Crippen LogP contribution in [0.25, 0.3) is 11.0 Å². The summed E-state index contributed by atoms with van der Waals surface area (Å²) in [6.45, 7) is 0. The summed E-state index contributed by atoms with van der Waals surface area (Å²) in [6, 6.07) is 5.34. The Bertz CT molecular complexity index is 1060. The number of carboxylic acids is 1. The second-order valence-electron chi connectivity index (χ2n) is 6.93. The molecule has 4 rings (SSSR count). The number of hydrogen-bond acceptors (Lipinski definition) is 7. The normalized spacial score (nSPS) is 19.1. The van der Waals surface area contributed by atoms with Crippen molar-refractivity contribution < 1.29 is 9.90 Å². The zero-order chi connectivity index (χ0) is 20.4. The molecule has 0 unspecified atom stereocenters. The third-order valence-electron chi connectivity index (χ3n) is 4.97. The van der Waals surface area contributed by atoms with Gasteiger partial charge in [0.25, 0.3) is 0 Å². The van der Waals surface area contributed by atoms with Crippen LogP contribution >= 0.6 is 23.2 Å². The predicted octanol–water partition coefficient (Wildman–Crippen LogP) is 4.53. The van der Waals surface area contributed by atoms with Gasteiger partial charge in [0.05, 0.1) is 22.2 Å². The molecule has 10 heteroatoms. The number of rotatable bonds is 5. The molecular weight excluding hydrogens is 415 g/mol. The van der Waals surface area contributed by atoms with Crippen LogP contribution in [0, 0.1) is 5.92 Å². The Morgan fingerprint density at radius 1 is 1.07 bits per heavy atom. The van der Waals surface area contributed by atoms with Crippen molar-refractivity contribution >= 4 is 57.7 Å². The van der Waals surface area contributed by atoms with Gasteiger partial charge in [0, 0.05) is 11.7 Å². The Morgan fingerprint density at radius 3 is 2.59 bits per heavy atom. The Hall–Kier alpha value is -2.71. The molecule has 0 radical (unpaired) electrons. The second kappa shape index (κ2) is 8.34. The van der Waals surface area contributed by atoms with Crippen LogP contribution in [-0.2, 0) is 4.79 Å². The molecule has 2 heterocycles. The van der Waals surface area contributed by atoms with E-state index in [2.05, 4.69) is 30.6 Å². The molecule has 150 valence electrons. The minimum absolute atomic E-state index is 0.138. The Kier molecular flexibility index (Phi) is 5.64. The lowest BCUT2D eigenvalue weighted by Crippen LogP contribution is -2.29. The van der Waals surface area contributed by atoms with E-state index in [1.54, 1.807) is 24.4 Å². The first-order valence-corrected chi connectivity index (χ1v) is 9.94. The molecule has 1 fully saturated rings. The highest BCUT2D eigenvalue weighted by Gasteiger charge is 2.26. The summed E-state index contributed by atoms with van der Waals surface area (Å²) in [5.41, 5.74) is 1.89. The molecule has 0 bridgehead atoms. The van der Waals surface area contributed by atoms with E-state index in [0.717, 1.165) is 18.5 Å². The van der Waals surface area contributed by atoms with Gasteiger partial charge >= 0.3 is 5.97 Å². The van der Waals surface area contributed by atoms with Crippen LogP contribution in [-0.4, -0.2) is 37.1 Å². The van der Waals surface area contributed by atoms with E-state index in [4.69, 9.17) is 28.3 Å². The summed E-state index contributed by atoms with van der Waals surface area (Å²) in [6.07, 6.45) is 5.89. The number of hydrogen-bond donors (Lipinski definition) is 3. The second-order valence-corrected chi connectivity index (χ2v) is 7.75. The molecule has 0 aliphatic heterocycles. The summed E-state index contributed by atoms with van der Waals surface area (Å²) in [4.78, 5) is 28.5. The molecule has 0 spiro atoms. The Balaban J connectivity index is 1.54. The maximum absolute atomic E-state index is 11.1. The quantitative estimate of drug-likeness (QED) is 0.538. The Morgan fingerprint density at radius 2 is 1.86 bits per heavy atom. The number of benzene rings is 1. The number of carbonyl (C=O) groups is 1. The minimum atomic E-state index is -0.722. The van der Waals surface area contributed by atoms with Gasteiger partial charge in [-0.1, -0.05) is 23.2 Å². The maximum Gasteiger partial charge on any atom is 0.306 e. The van der Waals surface area contributed by atoms with E-state index < -0.39 is 5.97 Å². The molecule has 1 aliphatic rings. The fourth-order valence-corrected chi connectivity index (χ4v) is 3.69. The van der Waals surface area contributed by atoms with Gasteiger partial charge in [-0.25, -0.2) is 19.9 Å². The third-order valence-corrected chi connectivity index (χ3v) is 5.71. The number of anilines is 3. The summed E-state index contributed by atoms with van der Waals surface area (Å²) in [5.74, 6) is -0.00163. The Labute approximate surface area is 176 Å². The molecule has 1 aromatic carbocycles. The number of aromatic nitrogens is 4. The molecule has 1 aliphatic carbocycles. The average molecular weight is 433 g/mol. The van der Waals surface area contributed by atoms with Crippen molar-refractivity contribution in [3.63, 3.8) is 0 Å². The molecule has 29 heavy (non-hydrogen) atoms. The van der Waals surface area contributed by atoms with Gasteiger partial charge in [-0.05, 0) is 43.9 Å². The van der Waals surface area contributed by atoms with Gasteiger partial charge in [0.15, 0.2) is 5.82 Å². The maximum atomic E-state index is 11.1. The molecule has 0 atom stereocenters. The van der Waals surface area contributed by atoms with Crippen LogP contribution in [0.1, 0.15) is 25.7 Å². The van der Waals surface area contributed by atoms with Crippen molar-refractivity contribution in [1.29, 1.82) is 0 Å². The van der Waals surface area contributed by atoms with Gasteiger partial charge in [-0.3, -0.25) is 4.79 Å². The molecule has 0 saturated heterocycles. The van der Waals surface area contributed by atoms with Crippen LogP contribution in [0.3, 0.4) is 0 Å². The summed E-state index contributed by atoms with van der Waals surface area (Å²) in [5, 5.41) is 16.5. The van der Waals surface area contributed by atoms with Crippen molar-refractivity contribution in [2.75, 3.05) is 10.6 Å². The molecule has 3 aromatic rings. The SMILES string of the molecule is O=C(O)C1CCC(Nc2ncc3ncnc(Nc4ccc(Cl)c(Cl)c4)c3n2)CC1. The van der Waals surface area contributed by atoms with Crippen LogP contribution in [0.2, 0.25) is 10.0 Å². The molecular formula is C19H18Cl2N6O2. The predicted molar refractivity (Wildman–Crippen MR) is 112 cm³/mol. The highest BCUT2D eigenvalue weighted by molar-refractivity contribution is 6.42. The number of fused-ring (bicyclic) bond motifs is 1. The lowest BCUT2D eigenvalue weighted by atomic mass is 9.86. The van der Waals surface area contributed by atoms with Crippen LogP contribution in [0.15, 0.2) is 30.7 Å². The van der Waals surface area contributed by atoms with Gasteiger partial charge < -0.3 is 15.7 Å². The van der Waals surface area contributed by atoms with Crippen molar-refractivity contribution in [2.45, 2.75) is 31.7 Å². The smallest absolute Gasteiger partial charge is 0.306 e. The zero-order valence-corrected chi connectivity index (χ0v) is 16.8. The monoisotopic (exact) mass is 432 g/mol. The van der Waals surface area contributed by atoms with E-state index in [0.29, 0.717) is 45.7 Å². The molecule has 3 N–H and O–H groups in total. The van der Waals surface area contributed by atoms with Crippen molar-refractivity contribution in [1.82, 2.24) is 19.9 Å². The van der Waals surface area contributed by atoms with E-state index in [-0.39, 0.29) is 12.0 Å². The fraction of sp³-hybridized carbons (Fsp3) is 0.316. The van der Waals surface area contributed by atoms with Crippen molar-refractivity contribution in [3.8, 4) is 0 Å². The van der Waals surface area contributed by atoms with Gasteiger partial charge in [0.1, 0.15) is 17.4 Å². The number of aliphatic carboxylic acids is 1. The number of halogens is 2. The van der Waals surface area contributed by atoms with Gasteiger partial charge in [-0.15, -0.1) is 0 Å².